The van der Waals surface area contributed by atoms with Crippen LogP contribution in [0.1, 0.15) is 30.9 Å². The van der Waals surface area contributed by atoms with Crippen molar-refractivity contribution in [2.24, 2.45) is 0 Å². The standard InChI is InChI=1S/C14H18O3/c1-16-12-8-7-11(9-13(12)17-2)14(15)10-5-3-4-6-10/h5,7-9,14-15H,3-4,6H2,1-2H3. The lowest BCUT2D eigenvalue weighted by Gasteiger charge is -2.15. The van der Waals surface area contributed by atoms with Gasteiger partial charge in [-0.1, -0.05) is 12.1 Å². The lowest BCUT2D eigenvalue weighted by Crippen LogP contribution is -2.01. The number of ether oxygens (including phenoxy) is 2. The van der Waals surface area contributed by atoms with E-state index >= 15 is 0 Å². The van der Waals surface area contributed by atoms with Crippen LogP contribution in [0.15, 0.2) is 29.8 Å². The van der Waals surface area contributed by atoms with Crippen molar-refractivity contribution in [3.63, 3.8) is 0 Å². The SMILES string of the molecule is COc1ccc(C(O)C2=CCCC2)cc1OC. The highest BCUT2D eigenvalue weighted by Gasteiger charge is 2.17. The maximum Gasteiger partial charge on any atom is 0.161 e. The van der Waals surface area contributed by atoms with Crippen molar-refractivity contribution in [1.29, 1.82) is 0 Å². The van der Waals surface area contributed by atoms with Gasteiger partial charge in [-0.15, -0.1) is 0 Å². The topological polar surface area (TPSA) is 38.7 Å². The smallest absolute Gasteiger partial charge is 0.161 e. The Balaban J connectivity index is 2.26. The molecule has 2 rings (SSSR count). The van der Waals surface area contributed by atoms with Crippen molar-refractivity contribution in [3.8, 4) is 11.5 Å². The fourth-order valence-corrected chi connectivity index (χ4v) is 2.18. The molecule has 0 spiro atoms. The van der Waals surface area contributed by atoms with Crippen LogP contribution in [0.3, 0.4) is 0 Å². The first-order chi connectivity index (χ1) is 8.26. The Morgan fingerprint density at radius 3 is 2.53 bits per heavy atom. The van der Waals surface area contributed by atoms with E-state index in [1.807, 2.05) is 18.2 Å². The molecule has 1 aromatic carbocycles. The van der Waals surface area contributed by atoms with Crippen LogP contribution in [-0.2, 0) is 0 Å². The molecule has 0 amide bonds. The van der Waals surface area contributed by atoms with Gasteiger partial charge in [0.15, 0.2) is 11.5 Å². The van der Waals surface area contributed by atoms with Crippen molar-refractivity contribution in [2.75, 3.05) is 14.2 Å². The summed E-state index contributed by atoms with van der Waals surface area (Å²) in [4.78, 5) is 0. The number of aliphatic hydroxyl groups is 1. The number of aliphatic hydroxyl groups excluding tert-OH is 1. The molecule has 0 saturated carbocycles. The fraction of sp³-hybridized carbons (Fsp3) is 0.429. The quantitative estimate of drug-likeness (QED) is 0.814. The number of benzene rings is 1. The Morgan fingerprint density at radius 1 is 1.18 bits per heavy atom. The molecule has 3 heteroatoms. The van der Waals surface area contributed by atoms with E-state index in [0.29, 0.717) is 11.5 Å². The van der Waals surface area contributed by atoms with Crippen molar-refractivity contribution in [2.45, 2.75) is 25.4 Å². The zero-order valence-electron chi connectivity index (χ0n) is 10.3. The summed E-state index contributed by atoms with van der Waals surface area (Å²) in [5, 5.41) is 10.2. The highest BCUT2D eigenvalue weighted by atomic mass is 16.5. The Hall–Kier alpha value is -1.48. The van der Waals surface area contributed by atoms with Gasteiger partial charge in [-0.25, -0.2) is 0 Å². The predicted octanol–water partition coefficient (Wildman–Crippen LogP) is 2.85. The summed E-state index contributed by atoms with van der Waals surface area (Å²) in [6.45, 7) is 0. The monoisotopic (exact) mass is 234 g/mol. The summed E-state index contributed by atoms with van der Waals surface area (Å²) in [6.07, 6.45) is 4.80. The van der Waals surface area contributed by atoms with Crippen molar-refractivity contribution in [1.82, 2.24) is 0 Å². The summed E-state index contributed by atoms with van der Waals surface area (Å²) in [5.74, 6) is 1.34. The molecule has 0 bridgehead atoms. The second kappa shape index (κ2) is 5.23. The van der Waals surface area contributed by atoms with Gasteiger partial charge in [-0.2, -0.15) is 0 Å². The molecular weight excluding hydrogens is 216 g/mol. The number of rotatable bonds is 4. The number of hydrogen-bond acceptors (Lipinski definition) is 3. The van der Waals surface area contributed by atoms with E-state index in [0.717, 1.165) is 30.4 Å². The third-order valence-corrected chi connectivity index (χ3v) is 3.15. The molecule has 17 heavy (non-hydrogen) atoms. The van der Waals surface area contributed by atoms with E-state index in [1.165, 1.54) is 0 Å². The second-order valence-corrected chi connectivity index (χ2v) is 4.19. The van der Waals surface area contributed by atoms with E-state index in [4.69, 9.17) is 9.47 Å². The van der Waals surface area contributed by atoms with E-state index in [2.05, 4.69) is 6.08 Å². The third-order valence-electron chi connectivity index (χ3n) is 3.15. The average Bonchev–Trinajstić information content (AvgIpc) is 2.90. The second-order valence-electron chi connectivity index (χ2n) is 4.19. The molecule has 3 nitrogen and oxygen atoms in total. The van der Waals surface area contributed by atoms with Crippen molar-refractivity contribution >= 4 is 0 Å². The summed E-state index contributed by atoms with van der Waals surface area (Å²) in [7, 11) is 3.20. The molecule has 0 fully saturated rings. The molecule has 92 valence electrons. The zero-order valence-corrected chi connectivity index (χ0v) is 10.3. The van der Waals surface area contributed by atoms with Crippen molar-refractivity contribution in [3.05, 3.63) is 35.4 Å². The summed E-state index contributed by atoms with van der Waals surface area (Å²) in [6, 6.07) is 5.54. The van der Waals surface area contributed by atoms with Gasteiger partial charge in [0.2, 0.25) is 0 Å². The average molecular weight is 234 g/mol. The third kappa shape index (κ3) is 2.44. The number of methoxy groups -OCH3 is 2. The first-order valence-corrected chi connectivity index (χ1v) is 5.85. The molecule has 1 N–H and O–H groups in total. The molecule has 0 radical (unpaired) electrons. The minimum atomic E-state index is -0.516. The molecule has 0 saturated heterocycles. The fourth-order valence-electron chi connectivity index (χ4n) is 2.18. The van der Waals surface area contributed by atoms with Gasteiger partial charge in [0, 0.05) is 0 Å². The summed E-state index contributed by atoms with van der Waals surface area (Å²) < 4.78 is 10.4. The van der Waals surface area contributed by atoms with E-state index in [-0.39, 0.29) is 0 Å². The lowest BCUT2D eigenvalue weighted by molar-refractivity contribution is 0.212. The van der Waals surface area contributed by atoms with Gasteiger partial charge in [0.05, 0.1) is 14.2 Å². The molecule has 0 aliphatic heterocycles. The van der Waals surface area contributed by atoms with Crippen molar-refractivity contribution < 1.29 is 14.6 Å². The summed E-state index contributed by atoms with van der Waals surface area (Å²) in [5.41, 5.74) is 1.97. The molecule has 1 unspecified atom stereocenters. The van der Waals surface area contributed by atoms with Gasteiger partial charge in [0.25, 0.3) is 0 Å². The first-order valence-electron chi connectivity index (χ1n) is 5.85. The van der Waals surface area contributed by atoms with Crippen LogP contribution in [0.5, 0.6) is 11.5 Å². The van der Waals surface area contributed by atoms with Crippen LogP contribution in [0, 0.1) is 0 Å². The number of allylic oxidation sites excluding steroid dienone is 1. The van der Waals surface area contributed by atoms with Crippen LogP contribution in [0.25, 0.3) is 0 Å². The van der Waals surface area contributed by atoms with E-state index in [1.54, 1.807) is 14.2 Å². The van der Waals surface area contributed by atoms with Crippen LogP contribution >= 0.6 is 0 Å². The maximum atomic E-state index is 10.2. The molecule has 1 atom stereocenters. The molecule has 0 heterocycles. The Bertz CT molecular complexity index is 423. The zero-order chi connectivity index (χ0) is 12.3. The van der Waals surface area contributed by atoms with Crippen LogP contribution in [0.2, 0.25) is 0 Å². The van der Waals surface area contributed by atoms with Crippen LogP contribution < -0.4 is 9.47 Å². The van der Waals surface area contributed by atoms with Gasteiger partial charge < -0.3 is 14.6 Å². The predicted molar refractivity (Wildman–Crippen MR) is 66.4 cm³/mol. The maximum absolute atomic E-state index is 10.2. The number of hydrogen-bond donors (Lipinski definition) is 1. The molecule has 1 aromatic rings. The normalized spacial score (nSPS) is 16.5. The highest BCUT2D eigenvalue weighted by molar-refractivity contribution is 5.45. The van der Waals surface area contributed by atoms with E-state index < -0.39 is 6.10 Å². The van der Waals surface area contributed by atoms with Gasteiger partial charge in [-0.05, 0) is 42.5 Å². The highest BCUT2D eigenvalue weighted by Crippen LogP contribution is 2.35. The van der Waals surface area contributed by atoms with Gasteiger partial charge >= 0.3 is 0 Å². The molecule has 1 aliphatic rings. The van der Waals surface area contributed by atoms with E-state index in [9.17, 15) is 5.11 Å². The minimum absolute atomic E-state index is 0.516. The Morgan fingerprint density at radius 2 is 1.94 bits per heavy atom. The lowest BCUT2D eigenvalue weighted by atomic mass is 10.0. The minimum Gasteiger partial charge on any atom is -0.493 e. The van der Waals surface area contributed by atoms with Crippen LogP contribution in [-0.4, -0.2) is 19.3 Å². The first kappa shape index (κ1) is 12.0. The molecule has 1 aliphatic carbocycles. The molecular formula is C14H18O3. The Kier molecular flexibility index (Phi) is 3.69. The largest absolute Gasteiger partial charge is 0.493 e. The van der Waals surface area contributed by atoms with Gasteiger partial charge in [-0.3, -0.25) is 0 Å². The Labute approximate surface area is 102 Å². The molecule has 0 aromatic heterocycles. The summed E-state index contributed by atoms with van der Waals surface area (Å²) >= 11 is 0. The van der Waals surface area contributed by atoms with Gasteiger partial charge in [0.1, 0.15) is 6.10 Å². The van der Waals surface area contributed by atoms with Crippen LogP contribution in [0.4, 0.5) is 0 Å².